The minimum absolute atomic E-state index is 0.00110. The van der Waals surface area contributed by atoms with Gasteiger partial charge in [-0.3, -0.25) is 9.98 Å². The van der Waals surface area contributed by atoms with E-state index in [0.29, 0.717) is 18.2 Å². The minimum atomic E-state index is -0.295. The molecule has 3 aromatic rings. The molecule has 0 unspecified atom stereocenters. The molecule has 0 aliphatic carbocycles. The summed E-state index contributed by atoms with van der Waals surface area (Å²) in [5.41, 5.74) is 8.61. The average Bonchev–Trinajstić information content (AvgIpc) is 3.23. The molecule has 2 aromatic heterocycles. The molecule has 0 saturated carbocycles. The molecular weight excluding hydrogens is 430 g/mol. The van der Waals surface area contributed by atoms with Gasteiger partial charge in [0.15, 0.2) is 5.96 Å². The Morgan fingerprint density at radius 3 is 2.85 bits per heavy atom. The highest BCUT2D eigenvalue weighted by atomic mass is 16.1. The minimum Gasteiger partial charge on any atom is -0.370 e. The number of rotatable bonds is 11. The monoisotopic (exact) mass is 465 g/mol. The van der Waals surface area contributed by atoms with Crippen LogP contribution in [0.1, 0.15) is 30.5 Å². The van der Waals surface area contributed by atoms with Crippen LogP contribution in [-0.2, 0) is 13.0 Å². The molecule has 3 heterocycles. The third-order valence-corrected chi connectivity index (χ3v) is 6.08. The van der Waals surface area contributed by atoms with Crippen LogP contribution in [0.15, 0.2) is 41.3 Å². The largest absolute Gasteiger partial charge is 0.370 e. The summed E-state index contributed by atoms with van der Waals surface area (Å²) in [5, 5.41) is 21.2. The van der Waals surface area contributed by atoms with Gasteiger partial charge in [-0.05, 0) is 56.1 Å². The van der Waals surface area contributed by atoms with Crippen molar-refractivity contribution >= 4 is 17.0 Å². The second-order valence-corrected chi connectivity index (χ2v) is 8.78. The van der Waals surface area contributed by atoms with E-state index in [1.807, 2.05) is 30.5 Å². The molecule has 0 amide bonds. The SMILES string of the molecule is N=C(N)NCCCNCc1ccc(-n2cc3cc(CCN[C@@H]4CCCNC4)[nH]c3nc2=O)cc1. The summed E-state index contributed by atoms with van der Waals surface area (Å²) >= 11 is 0. The summed E-state index contributed by atoms with van der Waals surface area (Å²) in [4.78, 5) is 20.2. The van der Waals surface area contributed by atoms with E-state index in [1.54, 1.807) is 4.57 Å². The van der Waals surface area contributed by atoms with Gasteiger partial charge in [0.2, 0.25) is 0 Å². The Bertz CT molecular complexity index is 1130. The Kier molecular flexibility index (Phi) is 8.29. The molecular formula is C24H35N9O. The van der Waals surface area contributed by atoms with Crippen LogP contribution in [0.5, 0.6) is 0 Å². The highest BCUT2D eigenvalue weighted by Gasteiger charge is 2.12. The van der Waals surface area contributed by atoms with Gasteiger partial charge < -0.3 is 32.0 Å². The second-order valence-electron chi connectivity index (χ2n) is 8.78. The van der Waals surface area contributed by atoms with Crippen LogP contribution in [-0.4, -0.2) is 59.3 Å². The molecule has 10 heteroatoms. The molecule has 0 radical (unpaired) electrons. The highest BCUT2D eigenvalue weighted by molar-refractivity contribution is 5.75. The maximum Gasteiger partial charge on any atom is 0.354 e. The lowest BCUT2D eigenvalue weighted by molar-refractivity contribution is 0.392. The smallest absolute Gasteiger partial charge is 0.354 e. The van der Waals surface area contributed by atoms with Gasteiger partial charge in [-0.1, -0.05) is 12.1 Å². The van der Waals surface area contributed by atoms with E-state index in [-0.39, 0.29) is 11.6 Å². The Hall–Kier alpha value is -3.21. The van der Waals surface area contributed by atoms with E-state index in [9.17, 15) is 4.79 Å². The fraction of sp³-hybridized carbons (Fsp3) is 0.458. The van der Waals surface area contributed by atoms with Crippen LogP contribution in [0.3, 0.4) is 0 Å². The molecule has 1 aromatic carbocycles. The van der Waals surface area contributed by atoms with Crippen LogP contribution in [0.2, 0.25) is 0 Å². The zero-order chi connectivity index (χ0) is 23.8. The number of guanidine groups is 1. The molecule has 1 saturated heterocycles. The average molecular weight is 466 g/mol. The summed E-state index contributed by atoms with van der Waals surface area (Å²) in [7, 11) is 0. The summed E-state index contributed by atoms with van der Waals surface area (Å²) in [6, 6.07) is 10.5. The van der Waals surface area contributed by atoms with Crippen molar-refractivity contribution in [2.75, 3.05) is 32.7 Å². The van der Waals surface area contributed by atoms with E-state index < -0.39 is 0 Å². The summed E-state index contributed by atoms with van der Waals surface area (Å²) < 4.78 is 1.59. The number of piperidine rings is 1. The number of nitrogens with zero attached hydrogens (tertiary/aromatic N) is 2. The molecule has 8 N–H and O–H groups in total. The highest BCUT2D eigenvalue weighted by Crippen LogP contribution is 2.15. The van der Waals surface area contributed by atoms with Gasteiger partial charge in [0, 0.05) is 55.9 Å². The lowest BCUT2D eigenvalue weighted by atomic mass is 10.1. The molecule has 10 nitrogen and oxygen atoms in total. The number of fused-ring (bicyclic) bond motifs is 1. The van der Waals surface area contributed by atoms with Gasteiger partial charge in [-0.2, -0.15) is 4.98 Å². The lowest BCUT2D eigenvalue weighted by Crippen LogP contribution is -2.43. The van der Waals surface area contributed by atoms with Crippen LogP contribution < -0.4 is 32.7 Å². The third-order valence-electron chi connectivity index (χ3n) is 6.08. The molecule has 4 rings (SSSR count). The number of nitrogens with one attached hydrogen (secondary N) is 6. The number of aromatic amines is 1. The summed E-state index contributed by atoms with van der Waals surface area (Å²) in [6.45, 7) is 5.27. The first-order chi connectivity index (χ1) is 16.6. The van der Waals surface area contributed by atoms with Gasteiger partial charge >= 0.3 is 5.69 Å². The number of hydrogen-bond acceptors (Lipinski definition) is 6. The molecule has 1 fully saturated rings. The van der Waals surface area contributed by atoms with Crippen molar-refractivity contribution in [3.05, 3.63) is 58.3 Å². The molecule has 1 aliphatic heterocycles. The predicted octanol–water partition coefficient (Wildman–Crippen LogP) is 0.561. The zero-order valence-corrected chi connectivity index (χ0v) is 19.5. The van der Waals surface area contributed by atoms with E-state index in [4.69, 9.17) is 11.1 Å². The van der Waals surface area contributed by atoms with E-state index in [1.165, 1.54) is 12.8 Å². The van der Waals surface area contributed by atoms with Crippen molar-refractivity contribution in [3.8, 4) is 5.69 Å². The molecule has 182 valence electrons. The first kappa shape index (κ1) is 23.9. The normalized spacial score (nSPS) is 16.1. The molecule has 1 aliphatic rings. The molecule has 0 bridgehead atoms. The van der Waals surface area contributed by atoms with Crippen LogP contribution in [0.25, 0.3) is 16.7 Å². The Morgan fingerprint density at radius 1 is 1.24 bits per heavy atom. The predicted molar refractivity (Wildman–Crippen MR) is 136 cm³/mol. The van der Waals surface area contributed by atoms with Crippen LogP contribution in [0.4, 0.5) is 0 Å². The summed E-state index contributed by atoms with van der Waals surface area (Å²) in [6.07, 6.45) is 6.04. The van der Waals surface area contributed by atoms with Crippen molar-refractivity contribution in [2.45, 2.75) is 38.3 Å². The van der Waals surface area contributed by atoms with E-state index in [2.05, 4.69) is 37.3 Å². The topological polar surface area (TPSA) is 149 Å². The lowest BCUT2D eigenvalue weighted by Gasteiger charge is -2.23. The number of H-pyrrole nitrogens is 1. The number of nitrogens with two attached hydrogens (primary N) is 1. The van der Waals surface area contributed by atoms with Gasteiger partial charge in [0.25, 0.3) is 0 Å². The standard InChI is InChI=1S/C24H35N9O/c25-23(26)30-11-2-10-27-14-17-4-6-21(7-5-17)33-16-18-13-19(31-22(18)32-24(33)34)8-12-29-20-3-1-9-28-15-20/h4-7,13,16,20,27-29H,1-3,8-12,14-15H2,(H4,25,26,30)(H,31,32,34)/t20-/m1/s1. The maximum atomic E-state index is 12.6. The van der Waals surface area contributed by atoms with Crippen LogP contribution in [0, 0.1) is 5.41 Å². The quantitative estimate of drug-likeness (QED) is 0.124. The van der Waals surface area contributed by atoms with E-state index >= 15 is 0 Å². The van der Waals surface area contributed by atoms with Gasteiger partial charge in [-0.25, -0.2) is 4.79 Å². The fourth-order valence-corrected chi connectivity index (χ4v) is 4.25. The first-order valence-electron chi connectivity index (χ1n) is 12.0. The second kappa shape index (κ2) is 11.8. The van der Waals surface area contributed by atoms with Crippen molar-refractivity contribution in [1.29, 1.82) is 5.41 Å². The zero-order valence-electron chi connectivity index (χ0n) is 19.5. The Labute approximate surface area is 199 Å². The van der Waals surface area contributed by atoms with Crippen molar-refractivity contribution in [1.82, 2.24) is 35.8 Å². The van der Waals surface area contributed by atoms with Gasteiger partial charge in [-0.15, -0.1) is 0 Å². The number of benzene rings is 1. The molecule has 0 spiro atoms. The van der Waals surface area contributed by atoms with Gasteiger partial charge in [0.1, 0.15) is 5.65 Å². The first-order valence-corrected chi connectivity index (χ1v) is 12.0. The van der Waals surface area contributed by atoms with Crippen molar-refractivity contribution in [3.63, 3.8) is 0 Å². The van der Waals surface area contributed by atoms with E-state index in [0.717, 1.165) is 67.9 Å². The van der Waals surface area contributed by atoms with Gasteiger partial charge in [0.05, 0.1) is 5.69 Å². The Morgan fingerprint density at radius 2 is 2.09 bits per heavy atom. The van der Waals surface area contributed by atoms with Crippen LogP contribution >= 0.6 is 0 Å². The maximum absolute atomic E-state index is 12.6. The number of aromatic nitrogens is 3. The molecule has 34 heavy (non-hydrogen) atoms. The number of hydrogen-bond donors (Lipinski definition) is 7. The third kappa shape index (κ3) is 6.66. The molecule has 1 atom stereocenters. The fourth-order valence-electron chi connectivity index (χ4n) is 4.25. The Balaban J connectivity index is 1.32. The van der Waals surface area contributed by atoms with Crippen molar-refractivity contribution < 1.29 is 0 Å². The summed E-state index contributed by atoms with van der Waals surface area (Å²) in [5.74, 6) is -0.00110. The van der Waals surface area contributed by atoms with Crippen molar-refractivity contribution in [2.24, 2.45) is 5.73 Å².